The van der Waals surface area contributed by atoms with Gasteiger partial charge < -0.3 is 9.64 Å². The zero-order valence-corrected chi connectivity index (χ0v) is 23.9. The van der Waals surface area contributed by atoms with E-state index in [9.17, 15) is 13.2 Å². The highest BCUT2D eigenvalue weighted by atomic mass is 35.5. The summed E-state index contributed by atoms with van der Waals surface area (Å²) >= 11 is 8.48. The molecule has 0 spiro atoms. The Balaban J connectivity index is 1.60. The van der Waals surface area contributed by atoms with Crippen molar-refractivity contribution in [3.05, 3.63) is 34.7 Å². The van der Waals surface area contributed by atoms with Crippen LogP contribution in [0.4, 0.5) is 5.13 Å². The second kappa shape index (κ2) is 11.7. The van der Waals surface area contributed by atoms with Crippen LogP contribution in [-0.2, 0) is 14.8 Å². The van der Waals surface area contributed by atoms with Crippen molar-refractivity contribution in [2.75, 3.05) is 51.8 Å². The van der Waals surface area contributed by atoms with E-state index in [1.54, 1.807) is 11.0 Å². The number of nitrogens with zero attached hydrogens (tertiary/aromatic N) is 4. The van der Waals surface area contributed by atoms with Gasteiger partial charge in [-0.15, -0.1) is 11.3 Å². The number of thiazole rings is 1. The summed E-state index contributed by atoms with van der Waals surface area (Å²) in [4.78, 5) is 22.5. The van der Waals surface area contributed by atoms with Crippen molar-refractivity contribution in [3.63, 3.8) is 0 Å². The average Bonchev–Trinajstić information content (AvgIpc) is 3.49. The predicted molar refractivity (Wildman–Crippen MR) is 147 cm³/mol. The third kappa shape index (κ3) is 6.03. The van der Waals surface area contributed by atoms with E-state index in [0.29, 0.717) is 47.8 Å². The molecule has 196 valence electrons. The number of halogens is 1. The van der Waals surface area contributed by atoms with Crippen molar-refractivity contribution < 1.29 is 17.9 Å². The number of rotatable bonds is 10. The molecule has 12 heteroatoms. The molecule has 36 heavy (non-hydrogen) atoms. The van der Waals surface area contributed by atoms with Crippen LogP contribution in [0.5, 0.6) is 5.75 Å². The predicted octanol–water partition coefficient (Wildman–Crippen LogP) is 4.80. The minimum absolute atomic E-state index is 0.0881. The normalized spacial score (nSPS) is 17.1. The first-order valence-corrected chi connectivity index (χ1v) is 15.4. The van der Waals surface area contributed by atoms with E-state index in [1.807, 2.05) is 39.2 Å². The summed E-state index contributed by atoms with van der Waals surface area (Å²) in [5.74, 6) is 0.166. The molecule has 0 aliphatic carbocycles. The van der Waals surface area contributed by atoms with Gasteiger partial charge in [0.25, 0.3) is 10.0 Å². The highest BCUT2D eigenvalue weighted by Crippen LogP contribution is 2.36. The van der Waals surface area contributed by atoms with Crippen LogP contribution in [0.25, 0.3) is 10.2 Å². The summed E-state index contributed by atoms with van der Waals surface area (Å²) in [6.45, 7) is 4.32. The van der Waals surface area contributed by atoms with E-state index in [1.165, 1.54) is 21.7 Å². The number of carbonyl (C=O) groups excluding carboxylic acids is 1. The lowest BCUT2D eigenvalue weighted by molar-refractivity contribution is -0.123. The van der Waals surface area contributed by atoms with Gasteiger partial charge in [-0.1, -0.05) is 29.0 Å². The monoisotopic (exact) mass is 570 g/mol. The van der Waals surface area contributed by atoms with Gasteiger partial charge in [0.15, 0.2) is 5.13 Å². The fourth-order valence-electron chi connectivity index (χ4n) is 4.29. The van der Waals surface area contributed by atoms with Crippen molar-refractivity contribution in [1.29, 1.82) is 0 Å². The van der Waals surface area contributed by atoms with Gasteiger partial charge >= 0.3 is 0 Å². The molecule has 0 bridgehead atoms. The van der Waals surface area contributed by atoms with Crippen molar-refractivity contribution in [2.24, 2.45) is 5.92 Å². The van der Waals surface area contributed by atoms with Crippen LogP contribution >= 0.6 is 34.3 Å². The molecule has 1 aliphatic rings. The van der Waals surface area contributed by atoms with Crippen LogP contribution < -0.4 is 9.64 Å². The van der Waals surface area contributed by atoms with Crippen LogP contribution in [0.15, 0.2) is 34.5 Å². The van der Waals surface area contributed by atoms with Crippen LogP contribution in [0.2, 0.25) is 4.34 Å². The minimum Gasteiger partial charge on any atom is -0.492 e. The molecular formula is C24H31ClN4O4S3. The lowest BCUT2D eigenvalue weighted by atomic mass is 9.98. The van der Waals surface area contributed by atoms with Crippen molar-refractivity contribution >= 4 is 65.6 Å². The molecule has 2 aromatic heterocycles. The van der Waals surface area contributed by atoms with E-state index in [2.05, 4.69) is 4.90 Å². The number of carbonyl (C=O) groups is 1. The second-order valence-corrected chi connectivity index (χ2v) is 13.8. The Labute approximate surface area is 225 Å². The lowest BCUT2D eigenvalue weighted by Gasteiger charge is -2.33. The van der Waals surface area contributed by atoms with Gasteiger partial charge in [0.1, 0.15) is 15.5 Å². The molecule has 3 aromatic rings. The molecule has 1 atom stereocenters. The number of piperidine rings is 1. The van der Waals surface area contributed by atoms with Crippen molar-refractivity contribution in [3.8, 4) is 5.75 Å². The molecule has 0 radical (unpaired) electrons. The first kappa shape index (κ1) is 27.3. The van der Waals surface area contributed by atoms with Gasteiger partial charge in [0.2, 0.25) is 5.91 Å². The molecule has 1 aromatic carbocycles. The Bertz CT molecular complexity index is 1310. The van der Waals surface area contributed by atoms with Crippen molar-refractivity contribution in [2.45, 2.75) is 30.4 Å². The zero-order chi connectivity index (χ0) is 25.9. The standard InChI is InChI=1S/C24H31ClN4O4S3/c1-4-33-18-9-5-10-19-22(18)26-24(34-19)29(15-7-13-27(2)3)23(30)17-8-6-14-28(16-17)36(31,32)21-12-11-20(25)35-21/h5,9-12,17H,4,6-8,13-16H2,1-3H3. The van der Waals surface area contributed by atoms with Gasteiger partial charge in [-0.3, -0.25) is 9.69 Å². The van der Waals surface area contributed by atoms with E-state index < -0.39 is 15.9 Å². The quantitative estimate of drug-likeness (QED) is 0.348. The number of hydrogen-bond donors (Lipinski definition) is 0. The highest BCUT2D eigenvalue weighted by Gasteiger charge is 2.36. The molecular weight excluding hydrogens is 540 g/mol. The lowest BCUT2D eigenvalue weighted by Crippen LogP contribution is -2.47. The first-order chi connectivity index (χ1) is 17.2. The van der Waals surface area contributed by atoms with E-state index in [-0.39, 0.29) is 16.7 Å². The summed E-state index contributed by atoms with van der Waals surface area (Å²) in [5.41, 5.74) is 0.743. The number of aromatic nitrogens is 1. The molecule has 0 saturated carbocycles. The number of ether oxygens (including phenoxy) is 1. The molecule has 1 amide bonds. The zero-order valence-electron chi connectivity index (χ0n) is 20.6. The summed E-state index contributed by atoms with van der Waals surface area (Å²) in [6.07, 6.45) is 2.03. The van der Waals surface area contributed by atoms with Crippen LogP contribution in [0, 0.1) is 5.92 Å². The van der Waals surface area contributed by atoms with Crippen molar-refractivity contribution in [1.82, 2.24) is 14.2 Å². The second-order valence-electron chi connectivity index (χ2n) is 8.94. The number of fused-ring (bicyclic) bond motifs is 1. The Morgan fingerprint density at radius 3 is 2.72 bits per heavy atom. The summed E-state index contributed by atoms with van der Waals surface area (Å²) in [7, 11) is 0.300. The number of hydrogen-bond acceptors (Lipinski definition) is 8. The third-order valence-electron chi connectivity index (χ3n) is 6.03. The topological polar surface area (TPSA) is 83.0 Å². The maximum absolute atomic E-state index is 13.9. The van der Waals surface area contributed by atoms with Gasteiger partial charge in [-0.2, -0.15) is 4.31 Å². The fraction of sp³-hybridized carbons (Fsp3) is 0.500. The fourth-order valence-corrected chi connectivity index (χ4v) is 8.47. The van der Waals surface area contributed by atoms with E-state index in [4.69, 9.17) is 21.3 Å². The van der Waals surface area contributed by atoms with Gasteiger partial charge in [0, 0.05) is 19.6 Å². The number of amides is 1. The summed E-state index contributed by atoms with van der Waals surface area (Å²) in [6, 6.07) is 8.89. The van der Waals surface area contributed by atoms with Crippen LogP contribution in [-0.4, -0.2) is 75.4 Å². The molecule has 8 nitrogen and oxygen atoms in total. The summed E-state index contributed by atoms with van der Waals surface area (Å²) < 4.78 is 35.1. The maximum Gasteiger partial charge on any atom is 0.252 e. The largest absolute Gasteiger partial charge is 0.492 e. The Kier molecular flexibility index (Phi) is 8.90. The van der Waals surface area contributed by atoms with E-state index >= 15 is 0 Å². The smallest absolute Gasteiger partial charge is 0.252 e. The summed E-state index contributed by atoms with van der Waals surface area (Å²) in [5, 5.41) is 0.617. The number of anilines is 1. The molecule has 1 unspecified atom stereocenters. The molecule has 3 heterocycles. The van der Waals surface area contributed by atoms with Gasteiger partial charge in [-0.25, -0.2) is 13.4 Å². The number of benzene rings is 1. The Morgan fingerprint density at radius 1 is 1.22 bits per heavy atom. The Morgan fingerprint density at radius 2 is 2.03 bits per heavy atom. The number of para-hydroxylation sites is 1. The Hall–Kier alpha value is -1.76. The third-order valence-corrected chi connectivity index (χ3v) is 10.6. The molecule has 1 fully saturated rings. The molecule has 4 rings (SSSR count). The average molecular weight is 571 g/mol. The number of sulfonamides is 1. The first-order valence-electron chi connectivity index (χ1n) is 11.9. The van der Waals surface area contributed by atoms with Gasteiger partial charge in [0.05, 0.1) is 21.6 Å². The molecule has 0 N–H and O–H groups in total. The SMILES string of the molecule is CCOc1cccc2sc(N(CCCN(C)C)C(=O)C3CCCN(S(=O)(=O)c4ccc(Cl)s4)C3)nc12. The highest BCUT2D eigenvalue weighted by molar-refractivity contribution is 7.91. The van der Waals surface area contributed by atoms with Crippen LogP contribution in [0.1, 0.15) is 26.2 Å². The molecule has 1 saturated heterocycles. The maximum atomic E-state index is 13.9. The van der Waals surface area contributed by atoms with E-state index in [0.717, 1.165) is 34.5 Å². The molecule has 1 aliphatic heterocycles. The minimum atomic E-state index is -3.70. The van der Waals surface area contributed by atoms with Crippen LogP contribution in [0.3, 0.4) is 0 Å². The number of thiophene rings is 1. The van der Waals surface area contributed by atoms with Gasteiger partial charge in [-0.05, 0) is 71.1 Å².